The van der Waals surface area contributed by atoms with Gasteiger partial charge in [0.2, 0.25) is 11.8 Å². The average molecular weight is 273 g/mol. The molecule has 20 heavy (non-hydrogen) atoms. The average Bonchev–Trinajstić information content (AvgIpc) is 2.97. The molecule has 1 aromatic rings. The van der Waals surface area contributed by atoms with Crippen molar-refractivity contribution in [2.24, 2.45) is 11.8 Å². The molecule has 2 atom stereocenters. The van der Waals surface area contributed by atoms with Crippen LogP contribution in [0, 0.1) is 18.8 Å². The predicted molar refractivity (Wildman–Crippen MR) is 73.7 cm³/mol. The van der Waals surface area contributed by atoms with E-state index >= 15 is 0 Å². The van der Waals surface area contributed by atoms with Crippen molar-refractivity contribution in [2.45, 2.75) is 32.6 Å². The number of rotatable bonds is 4. The summed E-state index contributed by atoms with van der Waals surface area (Å²) in [5.74, 6) is -0.173. The van der Waals surface area contributed by atoms with Gasteiger partial charge in [0.25, 0.3) is 0 Å². The number of amides is 2. The highest BCUT2D eigenvalue weighted by Gasteiger charge is 2.46. The maximum Gasteiger partial charge on any atom is 0.233 e. The molecule has 0 unspecified atom stereocenters. The van der Waals surface area contributed by atoms with Crippen LogP contribution in [0.5, 0.6) is 0 Å². The number of aromatic nitrogens is 2. The predicted octanol–water partition coefficient (Wildman–Crippen LogP) is 1.60. The van der Waals surface area contributed by atoms with Crippen LogP contribution in [-0.4, -0.2) is 33.5 Å². The molecule has 0 spiro atoms. The first kappa shape index (κ1) is 13.1. The number of aromatic amines is 1. The minimum Gasteiger partial charge on any atom is -0.283 e. The van der Waals surface area contributed by atoms with Crippen LogP contribution in [0.1, 0.15) is 30.5 Å². The molecular formula is C15H19N3O2. The van der Waals surface area contributed by atoms with Crippen molar-refractivity contribution < 1.29 is 9.59 Å². The normalized spacial score (nSPS) is 25.4. The fourth-order valence-electron chi connectivity index (χ4n) is 3.14. The molecule has 106 valence electrons. The van der Waals surface area contributed by atoms with Gasteiger partial charge in [-0.3, -0.25) is 19.6 Å². The highest BCUT2D eigenvalue weighted by Crippen LogP contribution is 2.35. The van der Waals surface area contributed by atoms with Crippen molar-refractivity contribution >= 4 is 11.8 Å². The van der Waals surface area contributed by atoms with Crippen molar-refractivity contribution in [2.75, 3.05) is 6.54 Å². The van der Waals surface area contributed by atoms with Gasteiger partial charge in [0.05, 0.1) is 18.0 Å². The van der Waals surface area contributed by atoms with Crippen LogP contribution in [0.4, 0.5) is 0 Å². The lowest BCUT2D eigenvalue weighted by atomic mass is 9.85. The molecule has 0 saturated carbocycles. The molecule has 0 bridgehead atoms. The molecule has 1 N–H and O–H groups in total. The molecule has 1 aliphatic carbocycles. The number of fused-ring (bicyclic) bond motifs is 1. The van der Waals surface area contributed by atoms with E-state index in [4.69, 9.17) is 0 Å². The third kappa shape index (κ3) is 2.17. The van der Waals surface area contributed by atoms with E-state index in [1.165, 1.54) is 4.90 Å². The highest BCUT2D eigenvalue weighted by atomic mass is 16.2. The van der Waals surface area contributed by atoms with Gasteiger partial charge in [-0.2, -0.15) is 5.10 Å². The zero-order valence-electron chi connectivity index (χ0n) is 11.6. The fourth-order valence-corrected chi connectivity index (χ4v) is 3.14. The van der Waals surface area contributed by atoms with Crippen LogP contribution in [0.25, 0.3) is 0 Å². The molecule has 2 amide bonds. The Hall–Kier alpha value is -1.91. The van der Waals surface area contributed by atoms with E-state index < -0.39 is 0 Å². The zero-order valence-corrected chi connectivity index (χ0v) is 11.6. The van der Waals surface area contributed by atoms with Crippen molar-refractivity contribution in [1.29, 1.82) is 0 Å². The van der Waals surface area contributed by atoms with Gasteiger partial charge in [0.15, 0.2) is 0 Å². The van der Waals surface area contributed by atoms with Crippen LogP contribution in [0.3, 0.4) is 0 Å². The summed E-state index contributed by atoms with van der Waals surface area (Å²) in [6, 6.07) is 0. The Kier molecular flexibility index (Phi) is 3.42. The molecule has 1 aromatic heterocycles. The number of hydrogen-bond acceptors (Lipinski definition) is 3. The number of carbonyl (C=O) groups excluding carboxylic acids is 2. The van der Waals surface area contributed by atoms with Crippen LogP contribution >= 0.6 is 0 Å². The standard InChI is InChI=1S/C15H19N3O2/c1-10-11(9-16-17-10)5-4-8-18-14(19)12-6-2-3-7-13(12)15(18)20/h2-3,9,12-13H,4-8H2,1H3,(H,16,17)/t12-,13+. The van der Waals surface area contributed by atoms with Gasteiger partial charge in [-0.05, 0) is 38.2 Å². The Morgan fingerprint density at radius 1 is 1.25 bits per heavy atom. The van der Waals surface area contributed by atoms with Gasteiger partial charge in [0.1, 0.15) is 0 Å². The lowest BCUT2D eigenvalue weighted by molar-refractivity contribution is -0.139. The maximum atomic E-state index is 12.3. The topological polar surface area (TPSA) is 66.1 Å². The van der Waals surface area contributed by atoms with Crippen molar-refractivity contribution in [3.63, 3.8) is 0 Å². The summed E-state index contributed by atoms with van der Waals surface area (Å²) in [6.07, 6.45) is 8.92. The van der Waals surface area contributed by atoms with Gasteiger partial charge in [-0.25, -0.2) is 0 Å². The van der Waals surface area contributed by atoms with Crippen LogP contribution < -0.4 is 0 Å². The molecule has 0 radical (unpaired) electrons. The number of imide groups is 1. The number of allylic oxidation sites excluding steroid dienone is 2. The summed E-state index contributed by atoms with van der Waals surface area (Å²) in [5, 5.41) is 6.88. The van der Waals surface area contributed by atoms with Gasteiger partial charge >= 0.3 is 0 Å². The van der Waals surface area contributed by atoms with Crippen LogP contribution in [0.2, 0.25) is 0 Å². The Bertz CT molecular complexity index is 535. The number of H-pyrrole nitrogens is 1. The lowest BCUT2D eigenvalue weighted by Crippen LogP contribution is -2.32. The van der Waals surface area contributed by atoms with Gasteiger partial charge in [-0.1, -0.05) is 12.2 Å². The molecule has 0 aromatic carbocycles. The van der Waals surface area contributed by atoms with Gasteiger partial charge in [0, 0.05) is 12.2 Å². The van der Waals surface area contributed by atoms with E-state index in [-0.39, 0.29) is 23.7 Å². The SMILES string of the molecule is Cc1[nH]ncc1CCCN1C(=O)[C@H]2CC=CC[C@H]2C1=O. The Morgan fingerprint density at radius 3 is 2.45 bits per heavy atom. The van der Waals surface area contributed by atoms with E-state index in [1.807, 2.05) is 25.3 Å². The number of aryl methyl sites for hydroxylation is 2. The maximum absolute atomic E-state index is 12.3. The lowest BCUT2D eigenvalue weighted by Gasteiger charge is -2.14. The number of nitrogens with one attached hydrogen (secondary N) is 1. The van der Waals surface area contributed by atoms with E-state index in [0.717, 1.165) is 24.1 Å². The second-order valence-corrected chi connectivity index (χ2v) is 5.61. The molecule has 5 nitrogen and oxygen atoms in total. The minimum absolute atomic E-state index is 0.0215. The quantitative estimate of drug-likeness (QED) is 0.669. The smallest absolute Gasteiger partial charge is 0.233 e. The summed E-state index contributed by atoms with van der Waals surface area (Å²) in [5.41, 5.74) is 2.21. The molecule has 5 heteroatoms. The number of nitrogens with zero attached hydrogens (tertiary/aromatic N) is 2. The molecule has 2 heterocycles. The molecule has 1 fully saturated rings. The molecule has 1 aliphatic heterocycles. The van der Waals surface area contributed by atoms with E-state index in [2.05, 4.69) is 10.2 Å². The molecule has 2 aliphatic rings. The number of likely N-dealkylation sites (tertiary alicyclic amines) is 1. The second kappa shape index (κ2) is 5.23. The van der Waals surface area contributed by atoms with Gasteiger partial charge < -0.3 is 0 Å². The monoisotopic (exact) mass is 273 g/mol. The number of carbonyl (C=O) groups is 2. The largest absolute Gasteiger partial charge is 0.283 e. The van der Waals surface area contributed by atoms with E-state index in [1.54, 1.807) is 0 Å². The van der Waals surface area contributed by atoms with E-state index in [9.17, 15) is 9.59 Å². The minimum atomic E-state index is -0.108. The third-order valence-electron chi connectivity index (χ3n) is 4.36. The first-order valence-electron chi connectivity index (χ1n) is 7.17. The molecule has 1 saturated heterocycles. The first-order valence-corrected chi connectivity index (χ1v) is 7.17. The molecular weight excluding hydrogens is 254 g/mol. The van der Waals surface area contributed by atoms with E-state index in [0.29, 0.717) is 19.4 Å². The number of hydrogen-bond donors (Lipinski definition) is 1. The summed E-state index contributed by atoms with van der Waals surface area (Å²) < 4.78 is 0. The van der Waals surface area contributed by atoms with Crippen molar-refractivity contribution in [3.05, 3.63) is 29.6 Å². The van der Waals surface area contributed by atoms with Crippen LogP contribution in [0.15, 0.2) is 18.3 Å². The summed E-state index contributed by atoms with van der Waals surface area (Å²) in [4.78, 5) is 26.0. The Labute approximate surface area is 118 Å². The third-order valence-corrected chi connectivity index (χ3v) is 4.36. The first-order chi connectivity index (χ1) is 9.68. The van der Waals surface area contributed by atoms with Crippen LogP contribution in [-0.2, 0) is 16.0 Å². The second-order valence-electron chi connectivity index (χ2n) is 5.61. The van der Waals surface area contributed by atoms with Gasteiger partial charge in [-0.15, -0.1) is 0 Å². The molecule has 3 rings (SSSR count). The summed E-state index contributed by atoms with van der Waals surface area (Å²) in [7, 11) is 0. The highest BCUT2D eigenvalue weighted by molar-refractivity contribution is 6.05. The fraction of sp³-hybridized carbons (Fsp3) is 0.533. The Balaban J connectivity index is 1.59. The summed E-state index contributed by atoms with van der Waals surface area (Å²) in [6.45, 7) is 2.50. The van der Waals surface area contributed by atoms with Crippen molar-refractivity contribution in [3.8, 4) is 0 Å². The Morgan fingerprint density at radius 2 is 1.90 bits per heavy atom. The zero-order chi connectivity index (χ0) is 14.1. The summed E-state index contributed by atoms with van der Waals surface area (Å²) >= 11 is 0. The van der Waals surface area contributed by atoms with Crippen molar-refractivity contribution in [1.82, 2.24) is 15.1 Å².